The lowest BCUT2D eigenvalue weighted by Crippen LogP contribution is -2.12. The summed E-state index contributed by atoms with van der Waals surface area (Å²) in [6, 6.07) is 5.27. The van der Waals surface area contributed by atoms with Gasteiger partial charge in [0.2, 0.25) is 11.0 Å². The van der Waals surface area contributed by atoms with Crippen molar-refractivity contribution in [1.82, 2.24) is 10.2 Å². The quantitative estimate of drug-likeness (QED) is 0.872. The van der Waals surface area contributed by atoms with E-state index < -0.39 is 17.6 Å². The van der Waals surface area contributed by atoms with Crippen molar-refractivity contribution in [1.29, 1.82) is 0 Å². The van der Waals surface area contributed by atoms with Crippen LogP contribution in [0, 0.1) is 0 Å². The number of nitrogens with one attached hydrogen (secondary N) is 1. The number of rotatable bonds is 4. The highest BCUT2D eigenvalue weighted by molar-refractivity contribution is 7.15. The number of alkyl halides is 4. The predicted molar refractivity (Wildman–Crippen MR) is 73.5 cm³/mol. The van der Waals surface area contributed by atoms with E-state index >= 15 is 0 Å². The summed E-state index contributed by atoms with van der Waals surface area (Å²) in [5.41, 5.74) is -0.595. The van der Waals surface area contributed by atoms with Crippen LogP contribution in [0.15, 0.2) is 24.3 Å². The number of hydrogen-bond donors (Lipinski definition) is 1. The first-order chi connectivity index (χ1) is 9.90. The largest absolute Gasteiger partial charge is 0.416 e. The van der Waals surface area contributed by atoms with Gasteiger partial charge < -0.3 is 0 Å². The maximum atomic E-state index is 12.9. The molecule has 112 valence electrons. The number of carbonyl (C=O) groups is 1. The van der Waals surface area contributed by atoms with Gasteiger partial charge in [0.25, 0.3) is 0 Å². The van der Waals surface area contributed by atoms with E-state index in [4.69, 9.17) is 11.6 Å². The third kappa shape index (κ3) is 4.15. The topological polar surface area (TPSA) is 54.9 Å². The van der Waals surface area contributed by atoms with E-state index in [9.17, 15) is 18.0 Å². The maximum Gasteiger partial charge on any atom is 0.416 e. The highest BCUT2D eigenvalue weighted by Gasteiger charge is 2.33. The summed E-state index contributed by atoms with van der Waals surface area (Å²) >= 11 is 6.34. The Labute approximate surface area is 127 Å². The minimum atomic E-state index is -4.42. The zero-order valence-electron chi connectivity index (χ0n) is 10.4. The first-order valence-electron chi connectivity index (χ1n) is 5.73. The van der Waals surface area contributed by atoms with Gasteiger partial charge in [-0.15, -0.1) is 21.8 Å². The number of hydrogen-bond acceptors (Lipinski definition) is 4. The number of amides is 1. The second kappa shape index (κ2) is 6.40. The molecule has 0 aliphatic carbocycles. The Morgan fingerprint density at radius 2 is 2.00 bits per heavy atom. The van der Waals surface area contributed by atoms with Gasteiger partial charge in [0.05, 0.1) is 5.56 Å². The molecule has 1 aromatic carbocycles. The molecule has 0 saturated heterocycles. The van der Waals surface area contributed by atoms with Gasteiger partial charge >= 0.3 is 6.18 Å². The molecule has 0 aliphatic heterocycles. The fourth-order valence-corrected chi connectivity index (χ4v) is 2.49. The van der Waals surface area contributed by atoms with E-state index in [0.717, 1.165) is 17.4 Å². The number of aromatic nitrogens is 2. The van der Waals surface area contributed by atoms with Crippen molar-refractivity contribution >= 4 is 34.0 Å². The molecule has 0 aliphatic rings. The fourth-order valence-electron chi connectivity index (χ4n) is 1.64. The summed E-state index contributed by atoms with van der Waals surface area (Å²) in [6.45, 7) is 0. The fraction of sp³-hybridized carbons (Fsp3) is 0.250. The lowest BCUT2D eigenvalue weighted by Gasteiger charge is -2.11. The van der Waals surface area contributed by atoms with Crippen molar-refractivity contribution in [3.05, 3.63) is 40.4 Å². The summed E-state index contributed by atoms with van der Waals surface area (Å²) in [6.07, 6.45) is -4.43. The lowest BCUT2D eigenvalue weighted by atomic mass is 10.0. The van der Waals surface area contributed by atoms with Gasteiger partial charge in [-0.05, 0) is 11.6 Å². The summed E-state index contributed by atoms with van der Waals surface area (Å²) in [7, 11) is 0. The monoisotopic (exact) mass is 335 g/mol. The van der Waals surface area contributed by atoms with Crippen LogP contribution < -0.4 is 5.32 Å². The van der Waals surface area contributed by atoms with Crippen LogP contribution in [0.1, 0.15) is 16.1 Å². The standard InChI is InChI=1S/C12H9ClF3N3OS/c13-6-9(20)17-11-19-18-10(21-11)5-7-3-1-2-4-8(7)12(14,15)16/h1-4H,5-6H2,(H,17,19,20). The van der Waals surface area contributed by atoms with Gasteiger partial charge in [-0.1, -0.05) is 29.5 Å². The molecule has 2 rings (SSSR count). The first-order valence-corrected chi connectivity index (χ1v) is 7.08. The third-order valence-electron chi connectivity index (χ3n) is 2.50. The van der Waals surface area contributed by atoms with Crippen molar-refractivity contribution < 1.29 is 18.0 Å². The molecule has 0 radical (unpaired) electrons. The van der Waals surface area contributed by atoms with Crippen molar-refractivity contribution in [2.75, 3.05) is 11.2 Å². The first kappa shape index (κ1) is 15.7. The van der Waals surface area contributed by atoms with Gasteiger partial charge in [0.1, 0.15) is 10.9 Å². The highest BCUT2D eigenvalue weighted by Crippen LogP contribution is 2.33. The van der Waals surface area contributed by atoms with E-state index in [-0.39, 0.29) is 23.0 Å². The third-order valence-corrected chi connectivity index (χ3v) is 3.58. The van der Waals surface area contributed by atoms with Crippen LogP contribution >= 0.6 is 22.9 Å². The molecule has 0 atom stereocenters. The molecular weight excluding hydrogens is 327 g/mol. The Bertz CT molecular complexity index is 645. The van der Waals surface area contributed by atoms with E-state index in [2.05, 4.69) is 15.5 Å². The number of benzene rings is 1. The van der Waals surface area contributed by atoms with Crippen molar-refractivity contribution in [2.24, 2.45) is 0 Å². The maximum absolute atomic E-state index is 12.9. The van der Waals surface area contributed by atoms with Crippen molar-refractivity contribution in [3.8, 4) is 0 Å². The Morgan fingerprint density at radius 1 is 1.29 bits per heavy atom. The van der Waals surface area contributed by atoms with E-state index in [1.54, 1.807) is 0 Å². The molecule has 4 nitrogen and oxygen atoms in total. The Balaban J connectivity index is 2.18. The minimum absolute atomic E-state index is 0.00983. The van der Waals surface area contributed by atoms with Gasteiger partial charge in [0, 0.05) is 6.42 Å². The zero-order chi connectivity index (χ0) is 15.5. The number of nitrogens with zero attached hydrogens (tertiary/aromatic N) is 2. The van der Waals surface area contributed by atoms with Crippen LogP contribution in [0.25, 0.3) is 0 Å². The summed E-state index contributed by atoms with van der Waals surface area (Å²) < 4.78 is 38.6. The molecular formula is C12H9ClF3N3OS. The molecule has 1 aromatic heterocycles. The van der Waals surface area contributed by atoms with Gasteiger partial charge in [-0.2, -0.15) is 13.2 Å². The predicted octanol–water partition coefficient (Wildman–Crippen LogP) is 3.33. The van der Waals surface area contributed by atoms with Crippen molar-refractivity contribution in [3.63, 3.8) is 0 Å². The molecule has 1 heterocycles. The van der Waals surface area contributed by atoms with Crippen LogP contribution in [0.5, 0.6) is 0 Å². The highest BCUT2D eigenvalue weighted by atomic mass is 35.5. The summed E-state index contributed by atoms with van der Waals surface area (Å²) in [5, 5.41) is 10.4. The Morgan fingerprint density at radius 3 is 2.67 bits per heavy atom. The molecule has 2 aromatic rings. The second-order valence-corrected chi connectivity index (χ2v) is 5.34. The molecule has 0 bridgehead atoms. The molecule has 0 unspecified atom stereocenters. The van der Waals surface area contributed by atoms with Crippen LogP contribution in [-0.2, 0) is 17.4 Å². The van der Waals surface area contributed by atoms with Gasteiger partial charge in [-0.3, -0.25) is 10.1 Å². The van der Waals surface area contributed by atoms with Gasteiger partial charge in [0.15, 0.2) is 0 Å². The molecule has 0 saturated carbocycles. The van der Waals surface area contributed by atoms with Gasteiger partial charge in [-0.25, -0.2) is 0 Å². The molecule has 0 spiro atoms. The normalized spacial score (nSPS) is 11.4. The minimum Gasteiger partial charge on any atom is -0.299 e. The second-order valence-electron chi connectivity index (χ2n) is 4.01. The molecule has 0 fully saturated rings. The average molecular weight is 336 g/mol. The van der Waals surface area contributed by atoms with E-state index in [1.807, 2.05) is 0 Å². The number of anilines is 1. The van der Waals surface area contributed by atoms with Crippen molar-refractivity contribution in [2.45, 2.75) is 12.6 Å². The van der Waals surface area contributed by atoms with Crippen LogP contribution in [0.2, 0.25) is 0 Å². The Hall–Kier alpha value is -1.67. The molecule has 21 heavy (non-hydrogen) atoms. The van der Waals surface area contributed by atoms with Crippen LogP contribution in [0.4, 0.5) is 18.3 Å². The molecule has 9 heteroatoms. The van der Waals surface area contributed by atoms with E-state index in [0.29, 0.717) is 5.01 Å². The Kier molecular flexibility index (Phi) is 4.79. The average Bonchev–Trinajstić information content (AvgIpc) is 2.85. The summed E-state index contributed by atoms with van der Waals surface area (Å²) in [5.74, 6) is -0.679. The van der Waals surface area contributed by atoms with E-state index in [1.165, 1.54) is 18.2 Å². The SMILES string of the molecule is O=C(CCl)Nc1nnc(Cc2ccccc2C(F)(F)F)s1. The molecule has 1 N–H and O–H groups in total. The van der Waals surface area contributed by atoms with Crippen LogP contribution in [-0.4, -0.2) is 22.0 Å². The number of carbonyl (C=O) groups excluding carboxylic acids is 1. The number of halogens is 4. The zero-order valence-corrected chi connectivity index (χ0v) is 12.0. The lowest BCUT2D eigenvalue weighted by molar-refractivity contribution is -0.138. The summed E-state index contributed by atoms with van der Waals surface area (Å²) in [4.78, 5) is 11.1. The van der Waals surface area contributed by atoms with Crippen LogP contribution in [0.3, 0.4) is 0 Å². The molecule has 1 amide bonds. The smallest absolute Gasteiger partial charge is 0.299 e.